The number of aliphatic carboxylic acids is 1. The molecule has 174 valence electrons. The lowest BCUT2D eigenvalue weighted by Crippen LogP contribution is -2.43. The summed E-state index contributed by atoms with van der Waals surface area (Å²) in [7, 11) is 0. The maximum Gasteiger partial charge on any atom is 0.411 e. The van der Waals surface area contributed by atoms with Crippen LogP contribution in [0.15, 0.2) is 0 Å². The molecule has 1 saturated heterocycles. The number of carbonyl (C=O) groups excluding carboxylic acids is 1. The second-order valence-corrected chi connectivity index (χ2v) is 11.1. The molecule has 0 aromatic carbocycles. The minimum absolute atomic E-state index is 0.170. The molecule has 0 bridgehead atoms. The average molecular weight is 443 g/mol. The Bertz CT molecular complexity index is 524. The number of carbonyl (C=O) groups is 2. The third kappa shape index (κ3) is 8.66. The second kappa shape index (κ2) is 12.2. The minimum Gasteiger partial charge on any atom is -0.480 e. The number of nitrogens with zero attached hydrogens (tertiary/aromatic N) is 1. The molecule has 1 amide bonds. The van der Waals surface area contributed by atoms with Gasteiger partial charge in [-0.15, -0.1) is 0 Å². The summed E-state index contributed by atoms with van der Waals surface area (Å²) in [6.45, 7) is 5.74. The van der Waals surface area contributed by atoms with Crippen LogP contribution >= 0.6 is 11.8 Å². The zero-order valence-corrected chi connectivity index (χ0v) is 20.1. The predicted molar refractivity (Wildman–Crippen MR) is 123 cm³/mol. The molecule has 0 aromatic heterocycles. The van der Waals surface area contributed by atoms with Gasteiger partial charge in [-0.05, 0) is 59.1 Å². The van der Waals surface area contributed by atoms with Crippen molar-refractivity contribution in [2.24, 2.45) is 0 Å². The van der Waals surface area contributed by atoms with E-state index in [-0.39, 0.29) is 5.25 Å². The Morgan fingerprint density at radius 1 is 0.967 bits per heavy atom. The molecule has 0 aromatic rings. The van der Waals surface area contributed by atoms with E-state index in [1.165, 1.54) is 69.1 Å². The summed E-state index contributed by atoms with van der Waals surface area (Å²) in [5.41, 5.74) is -0.600. The fourth-order valence-corrected chi connectivity index (χ4v) is 5.28. The number of hydrogen-bond acceptors (Lipinski definition) is 5. The third-order valence-corrected chi connectivity index (χ3v) is 7.20. The number of likely N-dealkylation sites (tertiary alicyclic amines) is 1. The van der Waals surface area contributed by atoms with Crippen LogP contribution in [0.1, 0.15) is 91.4 Å². The Morgan fingerprint density at radius 2 is 1.47 bits per heavy atom. The topological polar surface area (TPSA) is 78.9 Å². The lowest BCUT2D eigenvalue weighted by molar-refractivity contribution is -0.142. The number of carboxylic acid groups (broad SMARTS) is 1. The number of carboxylic acids is 1. The van der Waals surface area contributed by atoms with Crippen LogP contribution in [0, 0.1) is 0 Å². The van der Waals surface area contributed by atoms with Crippen LogP contribution in [0.25, 0.3) is 0 Å². The van der Waals surface area contributed by atoms with Crippen LogP contribution in [0.5, 0.6) is 0 Å². The molecule has 1 heterocycles. The van der Waals surface area contributed by atoms with Crippen LogP contribution in [0.3, 0.4) is 0 Å². The van der Waals surface area contributed by atoms with Gasteiger partial charge in [0.05, 0.1) is 0 Å². The van der Waals surface area contributed by atoms with Gasteiger partial charge in [0, 0.05) is 23.9 Å². The Balaban J connectivity index is 0.000000220. The number of thioether (sulfide) groups is 1. The molecule has 2 atom stereocenters. The Morgan fingerprint density at radius 3 is 1.87 bits per heavy atom. The first kappa shape index (κ1) is 25.3. The van der Waals surface area contributed by atoms with E-state index >= 15 is 0 Å². The molecule has 3 rings (SSSR count). The van der Waals surface area contributed by atoms with Gasteiger partial charge < -0.3 is 15.2 Å². The maximum absolute atomic E-state index is 11.9. The maximum atomic E-state index is 11.9. The Labute approximate surface area is 186 Å². The summed E-state index contributed by atoms with van der Waals surface area (Å²) in [5, 5.41) is 13.1. The first-order chi connectivity index (χ1) is 14.2. The van der Waals surface area contributed by atoms with Gasteiger partial charge in [-0.1, -0.05) is 38.5 Å². The fraction of sp³-hybridized carbons (Fsp3) is 0.913. The molecule has 2 aliphatic carbocycles. The lowest BCUT2D eigenvalue weighted by atomic mass is 9.91. The molecule has 0 spiro atoms. The summed E-state index contributed by atoms with van der Waals surface area (Å²) in [5.74, 6) is -0.965. The van der Waals surface area contributed by atoms with Crippen molar-refractivity contribution in [1.82, 2.24) is 10.2 Å². The highest BCUT2D eigenvalue weighted by atomic mass is 32.2. The van der Waals surface area contributed by atoms with E-state index in [4.69, 9.17) is 9.84 Å². The Hall–Kier alpha value is -0.950. The van der Waals surface area contributed by atoms with Crippen molar-refractivity contribution in [2.75, 3.05) is 12.8 Å². The van der Waals surface area contributed by atoms with E-state index in [0.717, 1.165) is 12.1 Å². The summed E-state index contributed by atoms with van der Waals surface area (Å²) >= 11 is 1.58. The average Bonchev–Trinajstić information content (AvgIpc) is 3.14. The van der Waals surface area contributed by atoms with Crippen molar-refractivity contribution in [1.29, 1.82) is 0 Å². The van der Waals surface area contributed by atoms with E-state index in [1.54, 1.807) is 32.5 Å². The third-order valence-electron chi connectivity index (χ3n) is 6.19. The summed E-state index contributed by atoms with van der Waals surface area (Å²) in [6.07, 6.45) is 16.4. The summed E-state index contributed by atoms with van der Waals surface area (Å²) in [4.78, 5) is 24.3. The van der Waals surface area contributed by atoms with Crippen LogP contribution < -0.4 is 5.32 Å². The number of rotatable bonds is 4. The molecular weight excluding hydrogens is 400 g/mol. The highest BCUT2D eigenvalue weighted by Gasteiger charge is 2.41. The van der Waals surface area contributed by atoms with E-state index < -0.39 is 23.7 Å². The van der Waals surface area contributed by atoms with E-state index in [0.29, 0.717) is 13.0 Å². The van der Waals surface area contributed by atoms with Crippen LogP contribution in [-0.4, -0.2) is 63.8 Å². The number of ether oxygens (including phenoxy) is 1. The predicted octanol–water partition coefficient (Wildman–Crippen LogP) is 5.05. The molecule has 2 saturated carbocycles. The zero-order chi connectivity index (χ0) is 22.1. The van der Waals surface area contributed by atoms with E-state index in [2.05, 4.69) is 5.32 Å². The van der Waals surface area contributed by atoms with E-state index in [1.807, 2.05) is 6.26 Å². The van der Waals surface area contributed by atoms with Crippen molar-refractivity contribution in [2.45, 2.75) is 120 Å². The van der Waals surface area contributed by atoms with Crippen LogP contribution in [-0.2, 0) is 9.53 Å². The standard InChI is InChI=1S/C12H23N.C11H19NO4S/c1-3-7-11(8-4-1)13-12-9-5-2-6-10-12;1-11(2,3)16-10(15)12-6-7(17-4)5-8(12)9(13)14/h11-13H,1-10H2;7-8H,5-6H2,1-4H3,(H,13,14)/t;7-,8+/m.1/s1. The van der Waals surface area contributed by atoms with E-state index in [9.17, 15) is 9.59 Å². The largest absolute Gasteiger partial charge is 0.480 e. The van der Waals surface area contributed by atoms with Gasteiger partial charge in [-0.3, -0.25) is 4.90 Å². The number of hydrogen-bond donors (Lipinski definition) is 2. The van der Waals surface area contributed by atoms with Crippen molar-refractivity contribution >= 4 is 23.8 Å². The van der Waals surface area contributed by atoms with Gasteiger partial charge in [0.2, 0.25) is 0 Å². The van der Waals surface area contributed by atoms with Crippen LogP contribution in [0.4, 0.5) is 4.79 Å². The summed E-state index contributed by atoms with van der Waals surface area (Å²) in [6, 6.07) is 0.982. The van der Waals surface area contributed by atoms with Crippen molar-refractivity contribution in [3.63, 3.8) is 0 Å². The molecule has 1 aliphatic heterocycles. The first-order valence-electron chi connectivity index (χ1n) is 11.7. The molecule has 0 unspecified atom stereocenters. The van der Waals surface area contributed by atoms with Crippen molar-refractivity contribution < 1.29 is 19.4 Å². The Kier molecular flexibility index (Phi) is 10.3. The van der Waals surface area contributed by atoms with Crippen LogP contribution in [0.2, 0.25) is 0 Å². The fourth-order valence-electron chi connectivity index (χ4n) is 4.60. The van der Waals surface area contributed by atoms with Crippen molar-refractivity contribution in [3.8, 4) is 0 Å². The van der Waals surface area contributed by atoms with Crippen molar-refractivity contribution in [3.05, 3.63) is 0 Å². The molecule has 6 nitrogen and oxygen atoms in total. The number of nitrogens with one attached hydrogen (secondary N) is 1. The minimum atomic E-state index is -0.965. The normalized spacial score (nSPS) is 26.1. The smallest absolute Gasteiger partial charge is 0.411 e. The molecular formula is C23H42N2O4S. The molecule has 2 N–H and O–H groups in total. The molecule has 3 fully saturated rings. The number of amides is 1. The molecule has 30 heavy (non-hydrogen) atoms. The van der Waals surface area contributed by atoms with Gasteiger partial charge >= 0.3 is 12.1 Å². The van der Waals surface area contributed by atoms with Gasteiger partial charge in [0.25, 0.3) is 0 Å². The van der Waals surface area contributed by atoms with Gasteiger partial charge in [0.1, 0.15) is 11.6 Å². The monoisotopic (exact) mass is 442 g/mol. The first-order valence-corrected chi connectivity index (χ1v) is 13.0. The second-order valence-electron chi connectivity index (χ2n) is 9.92. The molecule has 0 radical (unpaired) electrons. The van der Waals surface area contributed by atoms with Gasteiger partial charge in [-0.2, -0.15) is 11.8 Å². The molecule has 7 heteroatoms. The molecule has 3 aliphatic rings. The highest BCUT2D eigenvalue weighted by Crippen LogP contribution is 2.28. The SMILES string of the molecule is C1CCC(NC2CCCCC2)CC1.CS[C@@H]1C[C@@H](C(=O)O)N(C(=O)OC(C)(C)C)C1. The quantitative estimate of drug-likeness (QED) is 0.634. The van der Waals surface area contributed by atoms with Gasteiger partial charge in [-0.25, -0.2) is 9.59 Å². The van der Waals surface area contributed by atoms with Gasteiger partial charge in [0.15, 0.2) is 0 Å². The highest BCUT2D eigenvalue weighted by molar-refractivity contribution is 7.99. The lowest BCUT2D eigenvalue weighted by Gasteiger charge is -2.30. The zero-order valence-electron chi connectivity index (χ0n) is 19.3. The summed E-state index contributed by atoms with van der Waals surface area (Å²) < 4.78 is 5.21.